The molecule has 0 unspecified atom stereocenters. The van der Waals surface area contributed by atoms with E-state index in [1.165, 1.54) is 21.1 Å². The predicted octanol–water partition coefficient (Wildman–Crippen LogP) is -1.62. The van der Waals surface area contributed by atoms with Gasteiger partial charge in [0, 0.05) is 24.7 Å². The molecule has 0 atom stereocenters. The number of methoxy groups -OCH3 is 2. The highest BCUT2D eigenvalue weighted by molar-refractivity contribution is 5.97. The zero-order valence-corrected chi connectivity index (χ0v) is 16.4. The van der Waals surface area contributed by atoms with E-state index in [0.717, 1.165) is 6.08 Å². The predicted molar refractivity (Wildman–Crippen MR) is 95.0 cm³/mol. The molecule has 0 aliphatic rings. The SMILES string of the molecule is COC(=O)CCNC(=O)COC(=O)/C=C(\C)C(=O)OCC(=O)NCCC(=O)OC. The minimum absolute atomic E-state index is 0.0197. The summed E-state index contributed by atoms with van der Waals surface area (Å²) in [7, 11) is 2.42. The van der Waals surface area contributed by atoms with Gasteiger partial charge in [0.15, 0.2) is 13.2 Å². The molecule has 162 valence electrons. The second-order valence-corrected chi connectivity index (χ2v) is 5.36. The van der Waals surface area contributed by atoms with Crippen LogP contribution in [0.4, 0.5) is 0 Å². The Balaban J connectivity index is 4.14. The summed E-state index contributed by atoms with van der Waals surface area (Å²) in [6.45, 7) is 0.0806. The first-order chi connectivity index (χ1) is 13.7. The Morgan fingerprint density at radius 1 is 0.759 bits per heavy atom. The molecule has 0 saturated heterocycles. The van der Waals surface area contributed by atoms with Gasteiger partial charge < -0.3 is 29.6 Å². The largest absolute Gasteiger partial charge is 0.469 e. The molecule has 0 aromatic heterocycles. The summed E-state index contributed by atoms with van der Waals surface area (Å²) < 4.78 is 18.1. The summed E-state index contributed by atoms with van der Waals surface area (Å²) in [5, 5.41) is 4.68. The topological polar surface area (TPSA) is 163 Å². The lowest BCUT2D eigenvalue weighted by Crippen LogP contribution is -2.31. The summed E-state index contributed by atoms with van der Waals surface area (Å²) in [6, 6.07) is 0. The van der Waals surface area contributed by atoms with Crippen LogP contribution in [0.25, 0.3) is 0 Å². The molecule has 0 aliphatic heterocycles. The average molecular weight is 416 g/mol. The molecule has 0 heterocycles. The van der Waals surface area contributed by atoms with Gasteiger partial charge in [-0.2, -0.15) is 0 Å². The average Bonchev–Trinajstić information content (AvgIpc) is 2.69. The van der Waals surface area contributed by atoms with E-state index in [1.807, 2.05) is 0 Å². The van der Waals surface area contributed by atoms with Crippen molar-refractivity contribution < 1.29 is 47.7 Å². The lowest BCUT2D eigenvalue weighted by molar-refractivity contribution is -0.146. The summed E-state index contributed by atoms with van der Waals surface area (Å²) in [5.41, 5.74) is -0.150. The molecular formula is C17H24N2O10. The highest BCUT2D eigenvalue weighted by Crippen LogP contribution is 1.98. The van der Waals surface area contributed by atoms with Crippen LogP contribution in [0.1, 0.15) is 19.8 Å². The van der Waals surface area contributed by atoms with Gasteiger partial charge in [0.2, 0.25) is 0 Å². The molecule has 12 heteroatoms. The van der Waals surface area contributed by atoms with Crippen molar-refractivity contribution in [2.24, 2.45) is 0 Å². The van der Waals surface area contributed by atoms with E-state index in [0.29, 0.717) is 0 Å². The highest BCUT2D eigenvalue weighted by atomic mass is 16.5. The molecule has 0 bridgehead atoms. The van der Waals surface area contributed by atoms with Crippen molar-refractivity contribution in [3.05, 3.63) is 11.6 Å². The monoisotopic (exact) mass is 416 g/mol. The van der Waals surface area contributed by atoms with E-state index in [4.69, 9.17) is 4.74 Å². The van der Waals surface area contributed by atoms with Crippen molar-refractivity contribution in [1.29, 1.82) is 0 Å². The Labute approximate surface area is 166 Å². The molecule has 0 aromatic rings. The molecule has 0 aliphatic carbocycles. The number of carbonyl (C=O) groups excluding carboxylic acids is 6. The molecule has 0 fully saturated rings. The van der Waals surface area contributed by atoms with Gasteiger partial charge >= 0.3 is 23.9 Å². The fourth-order valence-electron chi connectivity index (χ4n) is 1.57. The van der Waals surface area contributed by atoms with Crippen LogP contribution >= 0.6 is 0 Å². The fraction of sp³-hybridized carbons (Fsp3) is 0.529. The van der Waals surface area contributed by atoms with Crippen molar-refractivity contribution in [2.45, 2.75) is 19.8 Å². The van der Waals surface area contributed by atoms with Crippen LogP contribution in [-0.4, -0.2) is 76.2 Å². The van der Waals surface area contributed by atoms with Gasteiger partial charge in [-0.25, -0.2) is 9.59 Å². The van der Waals surface area contributed by atoms with Gasteiger partial charge in [-0.05, 0) is 6.92 Å². The number of ether oxygens (including phenoxy) is 4. The van der Waals surface area contributed by atoms with Crippen molar-refractivity contribution in [3.8, 4) is 0 Å². The van der Waals surface area contributed by atoms with Crippen molar-refractivity contribution in [3.63, 3.8) is 0 Å². The third-order valence-electron chi connectivity index (χ3n) is 3.09. The maximum atomic E-state index is 11.7. The van der Waals surface area contributed by atoms with Crippen LogP contribution in [0.2, 0.25) is 0 Å². The number of hydrogen-bond donors (Lipinski definition) is 2. The van der Waals surface area contributed by atoms with Crippen LogP contribution < -0.4 is 10.6 Å². The second kappa shape index (κ2) is 14.6. The summed E-state index contributed by atoms with van der Waals surface area (Å²) in [6.07, 6.45) is 0.744. The lowest BCUT2D eigenvalue weighted by atomic mass is 10.3. The van der Waals surface area contributed by atoms with E-state index in [-0.39, 0.29) is 31.5 Å². The van der Waals surface area contributed by atoms with Gasteiger partial charge in [0.05, 0.1) is 27.1 Å². The zero-order chi connectivity index (χ0) is 22.2. The van der Waals surface area contributed by atoms with Crippen LogP contribution in [0.3, 0.4) is 0 Å². The van der Waals surface area contributed by atoms with Crippen LogP contribution in [0.5, 0.6) is 0 Å². The van der Waals surface area contributed by atoms with Crippen molar-refractivity contribution in [1.82, 2.24) is 10.6 Å². The molecule has 12 nitrogen and oxygen atoms in total. The fourth-order valence-corrected chi connectivity index (χ4v) is 1.57. The Bertz CT molecular complexity index is 657. The Kier molecular flexibility index (Phi) is 12.9. The third-order valence-corrected chi connectivity index (χ3v) is 3.09. The van der Waals surface area contributed by atoms with Gasteiger partial charge in [-0.15, -0.1) is 0 Å². The molecule has 2 amide bonds. The maximum absolute atomic E-state index is 11.7. The molecular weight excluding hydrogens is 392 g/mol. The van der Waals surface area contributed by atoms with Crippen LogP contribution in [0.15, 0.2) is 11.6 Å². The maximum Gasteiger partial charge on any atom is 0.334 e. The zero-order valence-electron chi connectivity index (χ0n) is 16.4. The molecule has 0 aromatic carbocycles. The smallest absolute Gasteiger partial charge is 0.334 e. The minimum Gasteiger partial charge on any atom is -0.469 e. The van der Waals surface area contributed by atoms with Gasteiger partial charge in [-0.3, -0.25) is 19.2 Å². The first kappa shape index (κ1) is 25.6. The first-order valence-corrected chi connectivity index (χ1v) is 8.38. The van der Waals surface area contributed by atoms with E-state index >= 15 is 0 Å². The van der Waals surface area contributed by atoms with E-state index in [2.05, 4.69) is 24.8 Å². The molecule has 0 spiro atoms. The number of carbonyl (C=O) groups is 6. The molecule has 0 saturated carbocycles. The number of nitrogens with one attached hydrogen (secondary N) is 2. The van der Waals surface area contributed by atoms with Crippen molar-refractivity contribution in [2.75, 3.05) is 40.5 Å². The summed E-state index contributed by atoms with van der Waals surface area (Å²) >= 11 is 0. The second-order valence-electron chi connectivity index (χ2n) is 5.36. The number of rotatable bonds is 12. The summed E-state index contributed by atoms with van der Waals surface area (Å²) in [5.74, 6) is -4.19. The van der Waals surface area contributed by atoms with Gasteiger partial charge in [0.25, 0.3) is 11.8 Å². The van der Waals surface area contributed by atoms with E-state index in [1.54, 1.807) is 0 Å². The number of amides is 2. The third kappa shape index (κ3) is 13.4. The van der Waals surface area contributed by atoms with Crippen LogP contribution in [0, 0.1) is 0 Å². The van der Waals surface area contributed by atoms with Crippen molar-refractivity contribution >= 4 is 35.7 Å². The number of hydrogen-bond acceptors (Lipinski definition) is 10. The summed E-state index contributed by atoms with van der Waals surface area (Å²) in [4.78, 5) is 67.9. The Hall–Kier alpha value is -3.44. The molecule has 29 heavy (non-hydrogen) atoms. The Morgan fingerprint density at radius 3 is 1.66 bits per heavy atom. The first-order valence-electron chi connectivity index (χ1n) is 8.38. The van der Waals surface area contributed by atoms with Crippen LogP contribution in [-0.2, 0) is 47.7 Å². The minimum atomic E-state index is -0.968. The molecule has 0 radical (unpaired) electrons. The highest BCUT2D eigenvalue weighted by Gasteiger charge is 2.13. The van der Waals surface area contributed by atoms with Gasteiger partial charge in [0.1, 0.15) is 0 Å². The number of esters is 4. The molecule has 2 N–H and O–H groups in total. The normalized spacial score (nSPS) is 10.4. The van der Waals surface area contributed by atoms with Gasteiger partial charge in [-0.1, -0.05) is 0 Å². The standard InChI is InChI=1S/C17H24N2O10/c1-11(17(25)29-10-13(21)19-7-5-15(23)27-3)8-16(24)28-9-12(20)18-6-4-14(22)26-2/h8H,4-7,9-10H2,1-3H3,(H,18,20)(H,19,21)/b11-8+. The molecule has 0 rings (SSSR count). The van der Waals surface area contributed by atoms with E-state index in [9.17, 15) is 28.8 Å². The Morgan fingerprint density at radius 2 is 1.21 bits per heavy atom. The van der Waals surface area contributed by atoms with E-state index < -0.39 is 48.9 Å². The lowest BCUT2D eigenvalue weighted by Gasteiger charge is -2.07. The quantitative estimate of drug-likeness (QED) is 0.215.